The lowest BCUT2D eigenvalue weighted by Crippen LogP contribution is -2.24. The molecule has 8 heteroatoms. The van der Waals surface area contributed by atoms with Crippen LogP contribution in [0.5, 0.6) is 0 Å². The number of aromatic nitrogens is 2. The monoisotopic (exact) mass is 384 g/mol. The van der Waals surface area contributed by atoms with Gasteiger partial charge in [-0.3, -0.25) is 29.3 Å². The van der Waals surface area contributed by atoms with Crippen molar-refractivity contribution >= 4 is 44.5 Å². The van der Waals surface area contributed by atoms with Crippen LogP contribution in [0.25, 0.3) is 16.6 Å². The van der Waals surface area contributed by atoms with Gasteiger partial charge < -0.3 is 5.73 Å². The lowest BCUT2D eigenvalue weighted by Gasteiger charge is -2.14. The number of rotatable bonds is 1. The highest BCUT2D eigenvalue weighted by Crippen LogP contribution is 2.31. The maximum Gasteiger partial charge on any atom is 0.262 e. The second kappa shape index (κ2) is 5.00. The summed E-state index contributed by atoms with van der Waals surface area (Å²) < 4.78 is 1.82. The van der Waals surface area contributed by atoms with Crippen molar-refractivity contribution in [1.82, 2.24) is 14.9 Å². The van der Waals surface area contributed by atoms with Gasteiger partial charge in [-0.1, -0.05) is 6.07 Å². The van der Waals surface area contributed by atoms with Crippen LogP contribution >= 0.6 is 15.9 Å². The number of nitrogens with zero attached hydrogens (tertiary/aromatic N) is 2. The number of nitrogen functional groups attached to an aromatic ring is 1. The number of carbonyl (C=O) groups excluding carboxylic acids is 2. The Balaban J connectivity index is 2.07. The van der Waals surface area contributed by atoms with Crippen LogP contribution in [0.15, 0.2) is 45.8 Å². The third-order valence-electron chi connectivity index (χ3n) is 3.89. The molecular formula is C16H9BrN4O3. The largest absolute Gasteiger partial charge is 0.384 e. The number of carbonyl (C=O) groups is 2. The molecule has 2 amide bonds. The Hall–Kier alpha value is -3.00. The van der Waals surface area contributed by atoms with E-state index in [1.165, 1.54) is 4.57 Å². The van der Waals surface area contributed by atoms with Crippen LogP contribution in [0.1, 0.15) is 20.7 Å². The molecule has 0 aliphatic carbocycles. The van der Waals surface area contributed by atoms with Crippen LogP contribution in [-0.2, 0) is 0 Å². The molecule has 3 aromatic rings. The number of amides is 2. The number of hydrogen-bond acceptors (Lipinski definition) is 5. The van der Waals surface area contributed by atoms with E-state index >= 15 is 0 Å². The molecule has 24 heavy (non-hydrogen) atoms. The van der Waals surface area contributed by atoms with Crippen LogP contribution in [-0.4, -0.2) is 21.4 Å². The summed E-state index contributed by atoms with van der Waals surface area (Å²) in [6.07, 6.45) is 1.67. The number of nitrogens with two attached hydrogens (primary N) is 1. The zero-order valence-corrected chi connectivity index (χ0v) is 13.6. The van der Waals surface area contributed by atoms with Gasteiger partial charge in [0.1, 0.15) is 5.82 Å². The molecule has 0 unspecified atom stereocenters. The lowest BCUT2D eigenvalue weighted by atomic mass is 10.1. The fourth-order valence-corrected chi connectivity index (χ4v) is 3.45. The predicted molar refractivity (Wildman–Crippen MR) is 91.2 cm³/mol. The van der Waals surface area contributed by atoms with Gasteiger partial charge in [-0.2, -0.15) is 0 Å². The Bertz CT molecular complexity index is 1120. The van der Waals surface area contributed by atoms with Crippen molar-refractivity contribution in [2.45, 2.75) is 0 Å². The van der Waals surface area contributed by atoms with Crippen LogP contribution < -0.4 is 16.6 Å². The molecule has 0 bridgehead atoms. The molecular weight excluding hydrogens is 376 g/mol. The first-order valence-corrected chi connectivity index (χ1v) is 7.73. The third kappa shape index (κ3) is 1.89. The van der Waals surface area contributed by atoms with E-state index in [1.807, 2.05) is 6.07 Å². The van der Waals surface area contributed by atoms with Crippen molar-refractivity contribution in [3.63, 3.8) is 0 Å². The second-order valence-corrected chi connectivity index (χ2v) is 6.04. The van der Waals surface area contributed by atoms with E-state index in [-0.39, 0.29) is 16.9 Å². The van der Waals surface area contributed by atoms with Gasteiger partial charge in [-0.15, -0.1) is 0 Å². The molecule has 1 aliphatic heterocycles. The number of pyridine rings is 2. The van der Waals surface area contributed by atoms with E-state index in [0.717, 1.165) is 17.0 Å². The number of anilines is 1. The first kappa shape index (κ1) is 14.6. The van der Waals surface area contributed by atoms with E-state index in [0.29, 0.717) is 10.2 Å². The highest BCUT2D eigenvalue weighted by molar-refractivity contribution is 9.10. The molecule has 4 rings (SSSR count). The second-order valence-electron chi connectivity index (χ2n) is 5.24. The SMILES string of the molecule is Nc1c2c(cc(=O)n1-c1ccc3ncccc3c1Br)C(=O)NC2=O. The van der Waals surface area contributed by atoms with Gasteiger partial charge in [0.25, 0.3) is 17.4 Å². The summed E-state index contributed by atoms with van der Waals surface area (Å²) in [6.45, 7) is 0. The average molecular weight is 385 g/mol. The van der Waals surface area contributed by atoms with Crippen LogP contribution in [0.2, 0.25) is 0 Å². The number of halogens is 1. The number of imide groups is 1. The zero-order valence-electron chi connectivity index (χ0n) is 12.0. The molecule has 3 N–H and O–H groups in total. The van der Waals surface area contributed by atoms with Crippen LogP contribution in [0.4, 0.5) is 5.82 Å². The maximum atomic E-state index is 12.5. The maximum absolute atomic E-state index is 12.5. The molecule has 1 aromatic carbocycles. The molecule has 118 valence electrons. The standard InChI is InChI=1S/C16H9BrN4O3/c17-13-7-2-1-5-19-9(7)3-4-10(13)21-11(22)6-8-12(14(21)18)16(24)20-15(8)23/h1-6H,18H2,(H,20,23,24). The number of fused-ring (bicyclic) bond motifs is 2. The molecule has 2 aromatic heterocycles. The fourth-order valence-electron chi connectivity index (χ4n) is 2.81. The molecule has 0 fully saturated rings. The number of hydrogen-bond donors (Lipinski definition) is 2. The summed E-state index contributed by atoms with van der Waals surface area (Å²) in [5, 5.41) is 2.94. The number of benzene rings is 1. The Morgan fingerprint density at radius 2 is 1.92 bits per heavy atom. The highest BCUT2D eigenvalue weighted by Gasteiger charge is 2.32. The fraction of sp³-hybridized carbons (Fsp3) is 0. The first-order chi connectivity index (χ1) is 11.5. The van der Waals surface area contributed by atoms with E-state index in [1.54, 1.807) is 24.4 Å². The van der Waals surface area contributed by atoms with Crippen molar-refractivity contribution < 1.29 is 9.59 Å². The molecule has 0 radical (unpaired) electrons. The smallest absolute Gasteiger partial charge is 0.262 e. The van der Waals surface area contributed by atoms with E-state index in [4.69, 9.17) is 5.73 Å². The van der Waals surface area contributed by atoms with Crippen molar-refractivity contribution in [1.29, 1.82) is 0 Å². The Morgan fingerprint density at radius 3 is 2.71 bits per heavy atom. The Kier molecular flexibility index (Phi) is 3.04. The van der Waals surface area contributed by atoms with Crippen molar-refractivity contribution in [3.8, 4) is 5.69 Å². The van der Waals surface area contributed by atoms with Gasteiger partial charge in [-0.05, 0) is 34.1 Å². The van der Waals surface area contributed by atoms with Crippen molar-refractivity contribution in [2.75, 3.05) is 5.73 Å². The highest BCUT2D eigenvalue weighted by atomic mass is 79.9. The summed E-state index contributed by atoms with van der Waals surface area (Å²) in [5.74, 6) is -1.31. The lowest BCUT2D eigenvalue weighted by molar-refractivity contribution is 0.0880. The average Bonchev–Trinajstić information content (AvgIpc) is 2.84. The summed E-state index contributed by atoms with van der Waals surface area (Å²) in [6, 6.07) is 8.17. The Morgan fingerprint density at radius 1 is 1.12 bits per heavy atom. The van der Waals surface area contributed by atoms with Crippen molar-refractivity contribution in [3.05, 3.63) is 62.5 Å². The molecule has 0 saturated heterocycles. The molecule has 0 spiro atoms. The van der Waals surface area contributed by atoms with Gasteiger partial charge >= 0.3 is 0 Å². The first-order valence-electron chi connectivity index (χ1n) is 6.94. The molecule has 1 aliphatic rings. The zero-order chi connectivity index (χ0) is 17.0. The Labute approximate surface area is 143 Å². The summed E-state index contributed by atoms with van der Waals surface area (Å²) >= 11 is 3.47. The van der Waals surface area contributed by atoms with E-state index in [9.17, 15) is 14.4 Å². The molecule has 3 heterocycles. The summed E-state index contributed by atoms with van der Waals surface area (Å²) in [4.78, 5) is 40.4. The van der Waals surface area contributed by atoms with Gasteiger partial charge in [0, 0.05) is 17.6 Å². The summed E-state index contributed by atoms with van der Waals surface area (Å²) in [5.41, 5.74) is 6.77. The van der Waals surface area contributed by atoms with Gasteiger partial charge in [0.05, 0.1) is 26.8 Å². The van der Waals surface area contributed by atoms with E-state index < -0.39 is 17.4 Å². The minimum Gasteiger partial charge on any atom is -0.384 e. The predicted octanol–water partition coefficient (Wildman–Crippen LogP) is 1.61. The normalized spacial score (nSPS) is 13.2. The van der Waals surface area contributed by atoms with Gasteiger partial charge in [0.15, 0.2) is 0 Å². The van der Waals surface area contributed by atoms with Gasteiger partial charge in [-0.25, -0.2) is 0 Å². The molecule has 7 nitrogen and oxygen atoms in total. The van der Waals surface area contributed by atoms with Crippen LogP contribution in [0, 0.1) is 0 Å². The minimum absolute atomic E-state index is 0.00247. The van der Waals surface area contributed by atoms with Crippen molar-refractivity contribution in [2.24, 2.45) is 0 Å². The number of nitrogens with one attached hydrogen (secondary N) is 1. The summed E-state index contributed by atoms with van der Waals surface area (Å²) in [7, 11) is 0. The van der Waals surface area contributed by atoms with Gasteiger partial charge in [0.2, 0.25) is 0 Å². The third-order valence-corrected chi connectivity index (χ3v) is 4.73. The van der Waals surface area contributed by atoms with Crippen LogP contribution in [0.3, 0.4) is 0 Å². The quantitative estimate of drug-likeness (QED) is 0.619. The minimum atomic E-state index is -0.618. The molecule has 0 atom stereocenters. The molecule has 0 saturated carbocycles. The van der Waals surface area contributed by atoms with E-state index in [2.05, 4.69) is 26.2 Å². The topological polar surface area (TPSA) is 107 Å².